The Kier molecular flexibility index (Phi) is 2.64. The number of aromatic amines is 1. The van der Waals surface area contributed by atoms with Crippen LogP contribution in [0.15, 0.2) is 5.16 Å². The Balaban J connectivity index is 2.33. The van der Waals surface area contributed by atoms with E-state index in [4.69, 9.17) is 15.7 Å². The predicted molar refractivity (Wildman–Crippen MR) is 56.0 cm³/mol. The summed E-state index contributed by atoms with van der Waals surface area (Å²) in [7, 11) is 0. The van der Waals surface area contributed by atoms with Crippen LogP contribution >= 0.6 is 0 Å². The maximum atomic E-state index is 8.55. The Bertz CT molecular complexity index is 396. The second-order valence-corrected chi connectivity index (χ2v) is 3.76. The van der Waals surface area contributed by atoms with Gasteiger partial charge in [-0.2, -0.15) is 0 Å². The minimum absolute atomic E-state index is 0.227. The van der Waals surface area contributed by atoms with Gasteiger partial charge in [0.05, 0.1) is 13.2 Å². The van der Waals surface area contributed by atoms with E-state index in [0.717, 1.165) is 24.3 Å². The second-order valence-electron chi connectivity index (χ2n) is 3.76. The molecule has 1 aliphatic heterocycles. The molecule has 1 aromatic rings. The molecule has 82 valence electrons. The zero-order valence-corrected chi connectivity index (χ0v) is 8.71. The van der Waals surface area contributed by atoms with Crippen molar-refractivity contribution in [3.8, 4) is 0 Å². The highest BCUT2D eigenvalue weighted by Crippen LogP contribution is 2.24. The van der Waals surface area contributed by atoms with Crippen molar-refractivity contribution in [1.29, 1.82) is 0 Å². The van der Waals surface area contributed by atoms with Gasteiger partial charge in [0.15, 0.2) is 0 Å². The van der Waals surface area contributed by atoms with Gasteiger partial charge < -0.3 is 20.7 Å². The minimum Gasteiger partial charge on any atom is -0.409 e. The molecule has 0 spiro atoms. The molecular formula is C10H15N3O2. The molecule has 0 fully saturated rings. The van der Waals surface area contributed by atoms with Crippen LogP contribution in [-0.2, 0) is 24.2 Å². The normalized spacial score (nSPS) is 16.5. The quantitative estimate of drug-likeness (QED) is 0.290. The topological polar surface area (TPSA) is 83.6 Å². The molecule has 0 unspecified atom stereocenters. The molecule has 15 heavy (non-hydrogen) atoms. The molecule has 4 N–H and O–H groups in total. The van der Waals surface area contributed by atoms with Crippen molar-refractivity contribution < 1.29 is 9.94 Å². The summed E-state index contributed by atoms with van der Waals surface area (Å²) in [6, 6.07) is 0. The first-order chi connectivity index (χ1) is 7.22. The van der Waals surface area contributed by atoms with Crippen LogP contribution in [0.3, 0.4) is 0 Å². The highest BCUT2D eigenvalue weighted by atomic mass is 16.5. The molecule has 2 rings (SSSR count). The lowest BCUT2D eigenvalue weighted by atomic mass is 10.0. The number of hydrogen-bond donors (Lipinski definition) is 3. The summed E-state index contributed by atoms with van der Waals surface area (Å²) >= 11 is 0. The lowest BCUT2D eigenvalue weighted by Crippen LogP contribution is -2.17. The number of amidine groups is 1. The van der Waals surface area contributed by atoms with E-state index >= 15 is 0 Å². The Morgan fingerprint density at radius 1 is 1.67 bits per heavy atom. The van der Waals surface area contributed by atoms with Gasteiger partial charge in [-0.1, -0.05) is 5.16 Å². The van der Waals surface area contributed by atoms with E-state index < -0.39 is 0 Å². The average Bonchev–Trinajstić information content (AvgIpc) is 2.55. The number of fused-ring (bicyclic) bond motifs is 1. The van der Waals surface area contributed by atoms with Crippen molar-refractivity contribution in [2.45, 2.75) is 26.4 Å². The number of ether oxygens (including phenoxy) is 1. The van der Waals surface area contributed by atoms with Gasteiger partial charge in [-0.25, -0.2) is 0 Å². The van der Waals surface area contributed by atoms with Crippen LogP contribution in [0.1, 0.15) is 22.5 Å². The fourth-order valence-corrected chi connectivity index (χ4v) is 1.98. The van der Waals surface area contributed by atoms with Crippen molar-refractivity contribution in [3.63, 3.8) is 0 Å². The second kappa shape index (κ2) is 3.94. The van der Waals surface area contributed by atoms with E-state index in [1.165, 1.54) is 11.3 Å². The van der Waals surface area contributed by atoms with Crippen LogP contribution in [0.4, 0.5) is 0 Å². The average molecular weight is 209 g/mol. The van der Waals surface area contributed by atoms with Crippen LogP contribution in [0.25, 0.3) is 0 Å². The first-order valence-electron chi connectivity index (χ1n) is 4.95. The molecule has 0 atom stereocenters. The van der Waals surface area contributed by atoms with Gasteiger partial charge in [0, 0.05) is 29.8 Å². The third kappa shape index (κ3) is 1.83. The van der Waals surface area contributed by atoms with E-state index in [1.807, 2.05) is 6.92 Å². The number of nitrogens with one attached hydrogen (secondary N) is 1. The molecule has 0 saturated heterocycles. The van der Waals surface area contributed by atoms with Crippen LogP contribution in [0.5, 0.6) is 0 Å². The fraction of sp³-hybridized carbons (Fsp3) is 0.500. The number of nitrogens with two attached hydrogens (primary N) is 1. The van der Waals surface area contributed by atoms with E-state index in [1.54, 1.807) is 0 Å². The molecule has 0 bridgehead atoms. The summed E-state index contributed by atoms with van der Waals surface area (Å²) in [5.41, 5.74) is 10.1. The smallest absolute Gasteiger partial charge is 0.143 e. The molecule has 0 aliphatic carbocycles. The summed E-state index contributed by atoms with van der Waals surface area (Å²) in [6.07, 6.45) is 1.38. The van der Waals surface area contributed by atoms with Crippen molar-refractivity contribution in [2.75, 3.05) is 6.61 Å². The molecule has 2 heterocycles. The fourth-order valence-electron chi connectivity index (χ4n) is 1.98. The SMILES string of the molecule is Cc1[nH]c2c(c1C/C(N)=N/O)COCC2. The molecule has 0 amide bonds. The summed E-state index contributed by atoms with van der Waals surface area (Å²) in [5.74, 6) is 0.227. The highest BCUT2D eigenvalue weighted by molar-refractivity contribution is 5.82. The van der Waals surface area contributed by atoms with Crippen LogP contribution in [0, 0.1) is 6.92 Å². The number of rotatable bonds is 2. The van der Waals surface area contributed by atoms with Gasteiger partial charge in [-0.05, 0) is 12.5 Å². The van der Waals surface area contributed by atoms with Gasteiger partial charge in [0.25, 0.3) is 0 Å². The zero-order chi connectivity index (χ0) is 10.8. The van der Waals surface area contributed by atoms with E-state index in [2.05, 4.69) is 10.1 Å². The van der Waals surface area contributed by atoms with E-state index in [9.17, 15) is 0 Å². The van der Waals surface area contributed by atoms with Crippen molar-refractivity contribution in [1.82, 2.24) is 4.98 Å². The minimum atomic E-state index is 0.227. The summed E-state index contributed by atoms with van der Waals surface area (Å²) in [5, 5.41) is 11.5. The first kappa shape index (κ1) is 10.0. The summed E-state index contributed by atoms with van der Waals surface area (Å²) in [6.45, 7) is 3.38. The molecule has 5 nitrogen and oxygen atoms in total. The maximum absolute atomic E-state index is 8.55. The largest absolute Gasteiger partial charge is 0.409 e. The molecule has 1 aliphatic rings. The number of aryl methyl sites for hydroxylation is 1. The molecule has 0 aromatic carbocycles. The van der Waals surface area contributed by atoms with Gasteiger partial charge in [0.1, 0.15) is 5.84 Å². The van der Waals surface area contributed by atoms with Crippen molar-refractivity contribution in [2.24, 2.45) is 10.9 Å². The van der Waals surface area contributed by atoms with E-state index in [-0.39, 0.29) is 5.84 Å². The maximum Gasteiger partial charge on any atom is 0.143 e. The lowest BCUT2D eigenvalue weighted by Gasteiger charge is -2.13. The van der Waals surface area contributed by atoms with E-state index in [0.29, 0.717) is 13.0 Å². The predicted octanol–water partition coefficient (Wildman–Crippen LogP) is 0.685. The Hall–Kier alpha value is -1.49. The number of nitrogens with zero attached hydrogens (tertiary/aromatic N) is 1. The first-order valence-corrected chi connectivity index (χ1v) is 4.95. The van der Waals surface area contributed by atoms with Crippen LogP contribution in [-0.4, -0.2) is 22.6 Å². The molecule has 0 radical (unpaired) electrons. The lowest BCUT2D eigenvalue weighted by molar-refractivity contribution is 0.109. The highest BCUT2D eigenvalue weighted by Gasteiger charge is 2.18. The Morgan fingerprint density at radius 2 is 2.47 bits per heavy atom. The summed E-state index contributed by atoms with van der Waals surface area (Å²) in [4.78, 5) is 3.32. The third-order valence-electron chi connectivity index (χ3n) is 2.75. The van der Waals surface area contributed by atoms with Crippen molar-refractivity contribution >= 4 is 5.84 Å². The molecule has 0 saturated carbocycles. The molecule has 1 aromatic heterocycles. The van der Waals surface area contributed by atoms with Gasteiger partial charge in [-0.3, -0.25) is 0 Å². The third-order valence-corrected chi connectivity index (χ3v) is 2.75. The van der Waals surface area contributed by atoms with Crippen molar-refractivity contribution in [3.05, 3.63) is 22.5 Å². The van der Waals surface area contributed by atoms with Gasteiger partial charge in [0.2, 0.25) is 0 Å². The van der Waals surface area contributed by atoms with Gasteiger partial charge in [-0.15, -0.1) is 0 Å². The number of oxime groups is 1. The number of hydrogen-bond acceptors (Lipinski definition) is 3. The molecular weight excluding hydrogens is 194 g/mol. The standard InChI is InChI=1S/C10H15N3O2/c1-6-7(4-10(11)13-14)8-5-15-3-2-9(8)12-6/h12,14H,2-5H2,1H3,(H2,11,13). The summed E-state index contributed by atoms with van der Waals surface area (Å²) < 4.78 is 5.40. The number of H-pyrrole nitrogens is 1. The van der Waals surface area contributed by atoms with Crippen LogP contribution < -0.4 is 5.73 Å². The Labute approximate surface area is 87.9 Å². The Morgan fingerprint density at radius 3 is 3.20 bits per heavy atom. The molecule has 5 heteroatoms. The van der Waals surface area contributed by atoms with Crippen LogP contribution in [0.2, 0.25) is 0 Å². The monoisotopic (exact) mass is 209 g/mol. The zero-order valence-electron chi connectivity index (χ0n) is 8.71. The number of aromatic nitrogens is 1. The van der Waals surface area contributed by atoms with Gasteiger partial charge >= 0.3 is 0 Å².